The van der Waals surface area contributed by atoms with E-state index in [4.69, 9.17) is 16.3 Å². The van der Waals surface area contributed by atoms with Crippen molar-refractivity contribution >= 4 is 23.3 Å². The number of carbonyl (C=O) groups is 2. The van der Waals surface area contributed by atoms with Crippen LogP contribution in [0, 0.1) is 11.8 Å². The van der Waals surface area contributed by atoms with Crippen LogP contribution in [0.2, 0.25) is 5.02 Å². The van der Waals surface area contributed by atoms with Gasteiger partial charge in [-0.3, -0.25) is 9.59 Å². The smallest absolute Gasteiger partial charge is 0.225 e. The molecule has 1 fully saturated rings. The average Bonchev–Trinajstić information content (AvgIpc) is 2.64. The normalized spacial score (nSPS) is 21.9. The molecule has 1 aromatic rings. The van der Waals surface area contributed by atoms with Crippen molar-refractivity contribution < 1.29 is 14.3 Å². The summed E-state index contributed by atoms with van der Waals surface area (Å²) in [5.41, 5.74) is 1.87. The van der Waals surface area contributed by atoms with E-state index in [9.17, 15) is 9.59 Å². The van der Waals surface area contributed by atoms with Crippen LogP contribution in [0.4, 0.5) is 0 Å². The minimum absolute atomic E-state index is 0.000725. The van der Waals surface area contributed by atoms with Crippen LogP contribution in [-0.2, 0) is 27.2 Å². The van der Waals surface area contributed by atoms with Gasteiger partial charge >= 0.3 is 0 Å². The molecule has 0 unspecified atom stereocenters. The fraction of sp³-hybridized carbons (Fsp3) is 0.545. The summed E-state index contributed by atoms with van der Waals surface area (Å²) in [5.74, 6) is 5.70. The van der Waals surface area contributed by atoms with Crippen molar-refractivity contribution in [2.45, 2.75) is 70.9 Å². The lowest BCUT2D eigenvalue weighted by molar-refractivity contribution is -0.133. The highest BCUT2D eigenvalue weighted by Gasteiger charge is 2.40. The number of rotatable bonds is 6. The Balaban J connectivity index is 2.19. The van der Waals surface area contributed by atoms with E-state index in [1.54, 1.807) is 27.0 Å². The van der Waals surface area contributed by atoms with Crippen LogP contribution >= 0.6 is 11.6 Å². The highest BCUT2D eigenvalue weighted by atomic mass is 35.5. The van der Waals surface area contributed by atoms with Crippen molar-refractivity contribution in [2.75, 3.05) is 7.11 Å². The Bertz CT molecular complexity index is 768. The zero-order valence-corrected chi connectivity index (χ0v) is 17.3. The van der Waals surface area contributed by atoms with Crippen molar-refractivity contribution in [3.8, 4) is 11.8 Å². The molecular weight excluding hydrogens is 362 g/mol. The second-order valence-corrected chi connectivity index (χ2v) is 7.53. The molecule has 27 heavy (non-hydrogen) atoms. The van der Waals surface area contributed by atoms with E-state index in [1.807, 2.05) is 13.0 Å². The van der Waals surface area contributed by atoms with Crippen molar-refractivity contribution in [3.05, 3.63) is 33.8 Å². The topological polar surface area (TPSA) is 55.4 Å². The number of benzene rings is 1. The quantitative estimate of drug-likeness (QED) is 0.752. The van der Waals surface area contributed by atoms with Gasteiger partial charge in [0.15, 0.2) is 5.78 Å². The first-order valence-electron chi connectivity index (χ1n) is 9.44. The van der Waals surface area contributed by atoms with E-state index in [-0.39, 0.29) is 24.2 Å². The Kier molecular flexibility index (Phi) is 7.47. The molecule has 5 heteroatoms. The van der Waals surface area contributed by atoms with Gasteiger partial charge in [0.2, 0.25) is 5.91 Å². The van der Waals surface area contributed by atoms with Gasteiger partial charge in [-0.25, -0.2) is 0 Å². The summed E-state index contributed by atoms with van der Waals surface area (Å²) in [6.45, 7) is 5.36. The first-order chi connectivity index (χ1) is 12.8. The molecule has 0 saturated heterocycles. The molecule has 1 aromatic carbocycles. The van der Waals surface area contributed by atoms with Gasteiger partial charge in [-0.2, -0.15) is 0 Å². The van der Waals surface area contributed by atoms with Gasteiger partial charge in [-0.1, -0.05) is 24.4 Å². The zero-order chi connectivity index (χ0) is 20.0. The maximum absolute atomic E-state index is 12.8. The number of hydrogen-bond donors (Lipinski definition) is 1. The number of hydrogen-bond acceptors (Lipinski definition) is 3. The number of ether oxygens (including phenoxy) is 1. The number of ketones is 1. The monoisotopic (exact) mass is 389 g/mol. The average molecular weight is 390 g/mol. The van der Waals surface area contributed by atoms with Crippen LogP contribution < -0.4 is 5.32 Å². The van der Waals surface area contributed by atoms with Gasteiger partial charge in [0.25, 0.3) is 0 Å². The van der Waals surface area contributed by atoms with Crippen LogP contribution in [0.5, 0.6) is 0 Å². The lowest BCUT2D eigenvalue weighted by Crippen LogP contribution is -2.56. The molecule has 0 bridgehead atoms. The summed E-state index contributed by atoms with van der Waals surface area (Å²) in [6, 6.07) is 3.78. The summed E-state index contributed by atoms with van der Waals surface area (Å²) < 4.78 is 5.39. The molecule has 0 radical (unpaired) electrons. The zero-order valence-electron chi connectivity index (χ0n) is 16.6. The highest BCUT2D eigenvalue weighted by molar-refractivity contribution is 6.31. The van der Waals surface area contributed by atoms with E-state index in [2.05, 4.69) is 17.2 Å². The number of nitrogens with one attached hydrogen (secondary N) is 1. The standard InChI is InChI=1S/C22H28ClNO3/c1-5-7-16-12-17(6-2)19(20(23)13-16)14-21(26)24-22(15(3)25)10-8-18(27-4)9-11-22/h12-13,18H,6,8-11,14H2,1-4H3,(H,24,26). The molecule has 1 amide bonds. The molecule has 0 aromatic heterocycles. The minimum Gasteiger partial charge on any atom is -0.381 e. The Morgan fingerprint density at radius 3 is 2.52 bits per heavy atom. The molecule has 146 valence electrons. The van der Waals surface area contributed by atoms with Crippen LogP contribution in [0.3, 0.4) is 0 Å². The van der Waals surface area contributed by atoms with Crippen LogP contribution in [0.25, 0.3) is 0 Å². The third-order valence-electron chi connectivity index (χ3n) is 5.45. The predicted molar refractivity (Wildman–Crippen MR) is 108 cm³/mol. The molecule has 0 atom stereocenters. The molecule has 1 aliphatic rings. The van der Waals surface area contributed by atoms with E-state index >= 15 is 0 Å². The molecule has 4 nitrogen and oxygen atoms in total. The van der Waals surface area contributed by atoms with Gasteiger partial charge in [0.1, 0.15) is 0 Å². The van der Waals surface area contributed by atoms with Gasteiger partial charge in [-0.15, -0.1) is 5.92 Å². The minimum atomic E-state index is -0.793. The van der Waals surface area contributed by atoms with Crippen molar-refractivity contribution in [1.82, 2.24) is 5.32 Å². The first-order valence-corrected chi connectivity index (χ1v) is 9.82. The largest absolute Gasteiger partial charge is 0.381 e. The Morgan fingerprint density at radius 1 is 1.33 bits per heavy atom. The summed E-state index contributed by atoms with van der Waals surface area (Å²) in [4.78, 5) is 25.1. The van der Waals surface area contributed by atoms with E-state index in [0.29, 0.717) is 17.9 Å². The fourth-order valence-corrected chi connectivity index (χ4v) is 4.09. The van der Waals surface area contributed by atoms with Gasteiger partial charge in [0.05, 0.1) is 18.1 Å². The summed E-state index contributed by atoms with van der Waals surface area (Å²) in [5, 5.41) is 3.56. The van der Waals surface area contributed by atoms with E-state index in [1.165, 1.54) is 0 Å². The molecule has 1 saturated carbocycles. The van der Waals surface area contributed by atoms with Crippen LogP contribution in [0.1, 0.15) is 63.1 Å². The van der Waals surface area contributed by atoms with E-state index in [0.717, 1.165) is 36.0 Å². The number of Topliss-reactive ketones (excluding diaryl/α,β-unsaturated/α-hetero) is 1. The van der Waals surface area contributed by atoms with Crippen LogP contribution in [-0.4, -0.2) is 30.4 Å². The molecule has 0 aliphatic heterocycles. The number of aryl methyl sites for hydroxylation is 1. The lowest BCUT2D eigenvalue weighted by Gasteiger charge is -2.38. The number of amides is 1. The molecule has 1 aliphatic carbocycles. The second-order valence-electron chi connectivity index (χ2n) is 7.12. The van der Waals surface area contributed by atoms with Crippen molar-refractivity contribution in [2.24, 2.45) is 0 Å². The van der Waals surface area contributed by atoms with Gasteiger partial charge in [0, 0.05) is 17.7 Å². The SMILES string of the molecule is CC#Cc1cc(Cl)c(CC(=O)NC2(C(C)=O)CCC(OC)CC2)c(CC)c1. The van der Waals surface area contributed by atoms with Crippen molar-refractivity contribution in [1.29, 1.82) is 0 Å². The molecule has 1 N–H and O–H groups in total. The highest BCUT2D eigenvalue weighted by Crippen LogP contribution is 2.31. The van der Waals surface area contributed by atoms with Gasteiger partial charge < -0.3 is 10.1 Å². The second kappa shape index (κ2) is 9.39. The number of halogens is 1. The fourth-order valence-electron chi connectivity index (χ4n) is 3.78. The van der Waals surface area contributed by atoms with Crippen molar-refractivity contribution in [3.63, 3.8) is 0 Å². The predicted octanol–water partition coefficient (Wildman–Crippen LogP) is 3.85. The molecule has 0 heterocycles. The Labute approximate surface area is 167 Å². The van der Waals surface area contributed by atoms with Gasteiger partial charge in [-0.05, 0) is 69.2 Å². The van der Waals surface area contributed by atoms with Crippen LogP contribution in [0.15, 0.2) is 12.1 Å². The number of carbonyl (C=O) groups excluding carboxylic acids is 2. The Hall–Kier alpha value is -1.83. The third kappa shape index (κ3) is 5.12. The number of methoxy groups -OCH3 is 1. The van der Waals surface area contributed by atoms with E-state index < -0.39 is 5.54 Å². The summed E-state index contributed by atoms with van der Waals surface area (Å²) in [6.07, 6.45) is 3.81. The molecule has 0 spiro atoms. The first kappa shape index (κ1) is 21.5. The third-order valence-corrected chi connectivity index (χ3v) is 5.78. The molecular formula is C22H28ClNO3. The Morgan fingerprint density at radius 2 is 2.00 bits per heavy atom. The maximum atomic E-state index is 12.8. The molecule has 2 rings (SSSR count). The lowest BCUT2D eigenvalue weighted by atomic mass is 9.77. The summed E-state index contributed by atoms with van der Waals surface area (Å²) >= 11 is 6.44. The maximum Gasteiger partial charge on any atom is 0.225 e. The summed E-state index contributed by atoms with van der Waals surface area (Å²) in [7, 11) is 1.69.